The van der Waals surface area contributed by atoms with Crippen molar-refractivity contribution < 1.29 is 24.3 Å². The fourth-order valence-corrected chi connectivity index (χ4v) is 3.64. The zero-order valence-corrected chi connectivity index (χ0v) is 16.9. The molecule has 0 aliphatic carbocycles. The summed E-state index contributed by atoms with van der Waals surface area (Å²) in [5, 5.41) is 12.4. The maximum atomic E-state index is 13.3. The summed E-state index contributed by atoms with van der Waals surface area (Å²) in [6.45, 7) is 0. The molecule has 1 aliphatic rings. The van der Waals surface area contributed by atoms with Crippen molar-refractivity contribution in [1.29, 1.82) is 0 Å². The van der Waals surface area contributed by atoms with Crippen LogP contribution in [-0.4, -0.2) is 51.8 Å². The normalized spacial score (nSPS) is 17.5. The van der Waals surface area contributed by atoms with Gasteiger partial charge in [-0.25, -0.2) is 4.79 Å². The molecule has 3 unspecified atom stereocenters. The van der Waals surface area contributed by atoms with Crippen LogP contribution in [-0.2, 0) is 32.0 Å². The van der Waals surface area contributed by atoms with Crippen LogP contribution in [0, 0.1) is 0 Å². The van der Waals surface area contributed by atoms with E-state index >= 15 is 0 Å². The number of nitrogens with zero attached hydrogens (tertiary/aromatic N) is 1. The van der Waals surface area contributed by atoms with Crippen molar-refractivity contribution in [2.24, 2.45) is 5.73 Å². The van der Waals surface area contributed by atoms with E-state index in [1.165, 1.54) is 0 Å². The second-order valence-corrected chi connectivity index (χ2v) is 7.55. The van der Waals surface area contributed by atoms with Gasteiger partial charge in [-0.3, -0.25) is 19.3 Å². The lowest BCUT2D eigenvalue weighted by atomic mass is 10.00. The summed E-state index contributed by atoms with van der Waals surface area (Å²) < 4.78 is 0. The van der Waals surface area contributed by atoms with Crippen molar-refractivity contribution in [3.63, 3.8) is 0 Å². The molecule has 1 aliphatic heterocycles. The molecule has 0 spiro atoms. The fourth-order valence-electron chi connectivity index (χ4n) is 3.64. The minimum Gasteiger partial charge on any atom is -0.480 e. The molecule has 3 amide bonds. The van der Waals surface area contributed by atoms with Crippen molar-refractivity contribution in [3.05, 3.63) is 71.8 Å². The molecular weight excluding hydrogens is 398 g/mol. The SMILES string of the molecule is NC(Cc1ccccc1)C(=O)N(C(=O)C1CCC(=O)N1)C(Cc1ccccc1)C(=O)O. The van der Waals surface area contributed by atoms with E-state index in [1.807, 2.05) is 6.07 Å². The molecule has 1 fully saturated rings. The Labute approximate surface area is 180 Å². The van der Waals surface area contributed by atoms with E-state index < -0.39 is 35.9 Å². The van der Waals surface area contributed by atoms with Crippen LogP contribution in [0.25, 0.3) is 0 Å². The lowest BCUT2D eigenvalue weighted by molar-refractivity contribution is -0.159. The molecule has 0 radical (unpaired) electrons. The molecule has 31 heavy (non-hydrogen) atoms. The van der Waals surface area contributed by atoms with Crippen molar-refractivity contribution in [2.45, 2.75) is 43.8 Å². The Morgan fingerprint density at radius 2 is 1.55 bits per heavy atom. The first-order chi connectivity index (χ1) is 14.9. The number of hydrogen-bond acceptors (Lipinski definition) is 5. The Hall–Kier alpha value is -3.52. The minimum absolute atomic E-state index is 0.0631. The van der Waals surface area contributed by atoms with Gasteiger partial charge in [-0.05, 0) is 24.0 Å². The predicted molar refractivity (Wildman–Crippen MR) is 113 cm³/mol. The molecule has 2 aromatic rings. The number of nitrogens with one attached hydrogen (secondary N) is 1. The van der Waals surface area contributed by atoms with E-state index in [0.29, 0.717) is 5.56 Å². The maximum Gasteiger partial charge on any atom is 0.327 e. The van der Waals surface area contributed by atoms with Gasteiger partial charge in [-0.2, -0.15) is 0 Å². The lowest BCUT2D eigenvalue weighted by Crippen LogP contribution is -2.59. The van der Waals surface area contributed by atoms with Crippen LogP contribution in [0.1, 0.15) is 24.0 Å². The van der Waals surface area contributed by atoms with Gasteiger partial charge in [0, 0.05) is 12.8 Å². The Balaban J connectivity index is 1.90. The average Bonchev–Trinajstić information content (AvgIpc) is 3.20. The lowest BCUT2D eigenvalue weighted by Gasteiger charge is -2.31. The average molecular weight is 423 g/mol. The minimum atomic E-state index is -1.44. The Morgan fingerprint density at radius 1 is 1.00 bits per heavy atom. The molecule has 3 atom stereocenters. The highest BCUT2D eigenvalue weighted by Crippen LogP contribution is 2.18. The van der Waals surface area contributed by atoms with Crippen molar-refractivity contribution >= 4 is 23.7 Å². The molecule has 2 aromatic carbocycles. The number of benzene rings is 2. The summed E-state index contributed by atoms with van der Waals surface area (Å²) in [7, 11) is 0. The molecule has 1 heterocycles. The smallest absolute Gasteiger partial charge is 0.327 e. The summed E-state index contributed by atoms with van der Waals surface area (Å²) in [5.74, 6) is -3.16. The summed E-state index contributed by atoms with van der Waals surface area (Å²) in [4.78, 5) is 51.0. The third kappa shape index (κ3) is 5.55. The quantitative estimate of drug-likeness (QED) is 0.578. The summed E-state index contributed by atoms with van der Waals surface area (Å²) in [5.41, 5.74) is 7.57. The van der Waals surface area contributed by atoms with E-state index in [1.54, 1.807) is 54.6 Å². The first kappa shape index (κ1) is 22.2. The van der Waals surface area contributed by atoms with Gasteiger partial charge < -0.3 is 16.2 Å². The van der Waals surface area contributed by atoms with Gasteiger partial charge in [0.2, 0.25) is 11.8 Å². The topological polar surface area (TPSA) is 130 Å². The van der Waals surface area contributed by atoms with Gasteiger partial charge in [0.1, 0.15) is 12.1 Å². The fraction of sp³-hybridized carbons (Fsp3) is 0.304. The summed E-state index contributed by atoms with van der Waals surface area (Å²) in [6.07, 6.45) is 0.433. The van der Waals surface area contributed by atoms with Gasteiger partial charge in [-0.1, -0.05) is 60.7 Å². The van der Waals surface area contributed by atoms with Gasteiger partial charge in [0.15, 0.2) is 0 Å². The van der Waals surface area contributed by atoms with Gasteiger partial charge >= 0.3 is 5.97 Å². The highest BCUT2D eigenvalue weighted by atomic mass is 16.4. The molecule has 0 aromatic heterocycles. The number of rotatable bonds is 8. The first-order valence-electron chi connectivity index (χ1n) is 10.1. The Kier molecular flexibility index (Phi) is 7.15. The Morgan fingerprint density at radius 3 is 2.03 bits per heavy atom. The van der Waals surface area contributed by atoms with Crippen LogP contribution in [0.5, 0.6) is 0 Å². The van der Waals surface area contributed by atoms with Crippen LogP contribution >= 0.6 is 0 Å². The molecule has 0 bridgehead atoms. The van der Waals surface area contributed by atoms with Crippen molar-refractivity contribution in [1.82, 2.24) is 10.2 Å². The molecule has 0 saturated carbocycles. The number of carboxylic acids is 1. The van der Waals surface area contributed by atoms with E-state index in [9.17, 15) is 24.3 Å². The number of nitrogens with two attached hydrogens (primary N) is 1. The van der Waals surface area contributed by atoms with Crippen molar-refractivity contribution in [3.8, 4) is 0 Å². The van der Waals surface area contributed by atoms with E-state index in [0.717, 1.165) is 10.5 Å². The first-order valence-corrected chi connectivity index (χ1v) is 10.1. The molecule has 162 valence electrons. The number of carbonyl (C=O) groups excluding carboxylic acids is 3. The van der Waals surface area contributed by atoms with Gasteiger partial charge in [0.05, 0.1) is 6.04 Å². The third-order valence-corrected chi connectivity index (χ3v) is 5.25. The summed E-state index contributed by atoms with van der Waals surface area (Å²) in [6, 6.07) is 14.3. The molecular formula is C23H25N3O5. The Bertz CT molecular complexity index is 948. The van der Waals surface area contributed by atoms with Crippen LogP contribution in [0.2, 0.25) is 0 Å². The van der Waals surface area contributed by atoms with Crippen LogP contribution in [0.15, 0.2) is 60.7 Å². The molecule has 8 heteroatoms. The van der Waals surface area contributed by atoms with Gasteiger partial charge in [-0.15, -0.1) is 0 Å². The summed E-state index contributed by atoms with van der Waals surface area (Å²) >= 11 is 0. The zero-order chi connectivity index (χ0) is 22.4. The van der Waals surface area contributed by atoms with Crippen molar-refractivity contribution in [2.75, 3.05) is 0 Å². The predicted octanol–water partition coefficient (Wildman–Crippen LogP) is 0.886. The van der Waals surface area contributed by atoms with Crippen LogP contribution in [0.3, 0.4) is 0 Å². The monoisotopic (exact) mass is 423 g/mol. The zero-order valence-electron chi connectivity index (χ0n) is 16.9. The second kappa shape index (κ2) is 9.99. The van der Waals surface area contributed by atoms with E-state index in [-0.39, 0.29) is 31.6 Å². The molecule has 3 rings (SSSR count). The standard InChI is InChI=1S/C23H25N3O5/c24-17(13-15-7-3-1-4-8-15)21(28)26(22(29)18-11-12-20(27)25-18)19(23(30)31)14-16-9-5-2-6-10-16/h1-10,17-19H,11-14,24H2,(H,25,27)(H,30,31). The molecule has 1 saturated heterocycles. The highest BCUT2D eigenvalue weighted by molar-refractivity contribution is 6.05. The second-order valence-electron chi connectivity index (χ2n) is 7.55. The number of carbonyl (C=O) groups is 4. The third-order valence-electron chi connectivity index (χ3n) is 5.25. The van der Waals surface area contributed by atoms with E-state index in [2.05, 4.69) is 5.32 Å². The maximum absolute atomic E-state index is 13.3. The number of amides is 3. The van der Waals surface area contributed by atoms with E-state index in [4.69, 9.17) is 5.73 Å². The number of imide groups is 1. The van der Waals surface area contributed by atoms with Gasteiger partial charge in [0.25, 0.3) is 5.91 Å². The number of carboxylic acid groups (broad SMARTS) is 1. The highest BCUT2D eigenvalue weighted by Gasteiger charge is 2.41. The van der Waals surface area contributed by atoms with Crippen LogP contribution in [0.4, 0.5) is 0 Å². The molecule has 8 nitrogen and oxygen atoms in total. The molecule has 4 N–H and O–H groups in total. The van der Waals surface area contributed by atoms with Crippen LogP contribution < -0.4 is 11.1 Å². The number of aliphatic carboxylic acids is 1. The largest absolute Gasteiger partial charge is 0.480 e. The number of hydrogen-bond donors (Lipinski definition) is 3.